The van der Waals surface area contributed by atoms with Crippen LogP contribution in [0.2, 0.25) is 5.02 Å². The van der Waals surface area contributed by atoms with Crippen LogP contribution in [0, 0.1) is 5.82 Å². The van der Waals surface area contributed by atoms with Crippen LogP contribution in [0.4, 0.5) is 10.1 Å². The van der Waals surface area contributed by atoms with Crippen LogP contribution in [-0.4, -0.2) is 33.2 Å². The molecule has 0 radical (unpaired) electrons. The highest BCUT2D eigenvalue weighted by atomic mass is 35.5. The number of carbonyl (C=O) groups excluding carboxylic acids is 2. The van der Waals surface area contributed by atoms with E-state index in [4.69, 9.17) is 16.3 Å². The van der Waals surface area contributed by atoms with E-state index in [-0.39, 0.29) is 5.56 Å². The van der Waals surface area contributed by atoms with Crippen molar-refractivity contribution in [2.45, 2.75) is 0 Å². The van der Waals surface area contributed by atoms with Crippen molar-refractivity contribution in [3.05, 3.63) is 71.5 Å². The standard InChI is InChI=1S/C17H12ClFN4O3/c18-12-3-6-15(23-10-20-9-21-23)14(7-12)22-16(24)8-26-17(25)11-1-4-13(19)5-2-11/h1-7,9-10H,8H2,(H,22,24). The van der Waals surface area contributed by atoms with Gasteiger partial charge < -0.3 is 10.1 Å². The minimum Gasteiger partial charge on any atom is -0.452 e. The third-order valence-electron chi connectivity index (χ3n) is 3.31. The number of nitrogens with one attached hydrogen (secondary N) is 1. The Morgan fingerprint density at radius 3 is 2.65 bits per heavy atom. The lowest BCUT2D eigenvalue weighted by Gasteiger charge is -2.11. The molecule has 26 heavy (non-hydrogen) atoms. The minimum atomic E-state index is -0.734. The fourth-order valence-corrected chi connectivity index (χ4v) is 2.30. The molecular formula is C17H12ClFN4O3. The molecule has 0 aliphatic carbocycles. The maximum atomic E-state index is 12.9. The van der Waals surface area contributed by atoms with Gasteiger partial charge in [0.15, 0.2) is 6.61 Å². The molecule has 132 valence electrons. The fourth-order valence-electron chi connectivity index (χ4n) is 2.13. The zero-order valence-corrected chi connectivity index (χ0v) is 14.0. The van der Waals surface area contributed by atoms with Gasteiger partial charge in [0, 0.05) is 5.02 Å². The monoisotopic (exact) mass is 374 g/mol. The summed E-state index contributed by atoms with van der Waals surface area (Å²) in [6.45, 7) is -0.514. The molecule has 3 rings (SSSR count). The smallest absolute Gasteiger partial charge is 0.338 e. The number of carbonyl (C=O) groups is 2. The van der Waals surface area contributed by atoms with E-state index in [0.717, 1.165) is 12.1 Å². The van der Waals surface area contributed by atoms with Crippen LogP contribution in [0.1, 0.15) is 10.4 Å². The van der Waals surface area contributed by atoms with Crippen LogP contribution in [0.15, 0.2) is 55.1 Å². The van der Waals surface area contributed by atoms with Gasteiger partial charge in [-0.1, -0.05) is 11.6 Å². The van der Waals surface area contributed by atoms with Crippen LogP contribution in [0.5, 0.6) is 0 Å². The summed E-state index contributed by atoms with van der Waals surface area (Å²) in [5.74, 6) is -1.77. The number of anilines is 1. The number of hydrogen-bond acceptors (Lipinski definition) is 5. The van der Waals surface area contributed by atoms with Gasteiger partial charge in [0.25, 0.3) is 5.91 Å². The van der Waals surface area contributed by atoms with E-state index in [9.17, 15) is 14.0 Å². The Bertz CT molecular complexity index is 930. The van der Waals surface area contributed by atoms with E-state index in [1.807, 2.05) is 0 Å². The molecule has 2 aromatic carbocycles. The second-order valence-electron chi connectivity index (χ2n) is 5.13. The molecule has 0 fully saturated rings. The number of rotatable bonds is 5. The molecule has 0 saturated heterocycles. The van der Waals surface area contributed by atoms with Crippen molar-refractivity contribution < 1.29 is 18.7 Å². The van der Waals surface area contributed by atoms with Crippen LogP contribution in [0.25, 0.3) is 5.69 Å². The molecule has 9 heteroatoms. The second-order valence-corrected chi connectivity index (χ2v) is 5.57. The number of hydrogen-bond donors (Lipinski definition) is 1. The van der Waals surface area contributed by atoms with Gasteiger partial charge in [0.2, 0.25) is 0 Å². The lowest BCUT2D eigenvalue weighted by Crippen LogP contribution is -2.21. The molecule has 1 N–H and O–H groups in total. The van der Waals surface area contributed by atoms with Gasteiger partial charge in [0.05, 0.1) is 16.9 Å². The van der Waals surface area contributed by atoms with E-state index in [2.05, 4.69) is 15.4 Å². The largest absolute Gasteiger partial charge is 0.452 e. The van der Waals surface area contributed by atoms with Crippen molar-refractivity contribution in [1.29, 1.82) is 0 Å². The minimum absolute atomic E-state index is 0.144. The first kappa shape index (κ1) is 17.6. The summed E-state index contributed by atoms with van der Waals surface area (Å²) in [5.41, 5.74) is 1.07. The van der Waals surface area contributed by atoms with E-state index in [0.29, 0.717) is 16.4 Å². The van der Waals surface area contributed by atoms with E-state index in [1.165, 1.54) is 35.5 Å². The van der Waals surface area contributed by atoms with Crippen molar-refractivity contribution >= 4 is 29.2 Å². The lowest BCUT2D eigenvalue weighted by atomic mass is 10.2. The molecule has 0 bridgehead atoms. The van der Waals surface area contributed by atoms with E-state index >= 15 is 0 Å². The summed E-state index contributed by atoms with van der Waals surface area (Å²) >= 11 is 5.97. The zero-order chi connectivity index (χ0) is 18.5. The number of nitrogens with zero attached hydrogens (tertiary/aromatic N) is 3. The Balaban J connectivity index is 1.66. The summed E-state index contributed by atoms with van der Waals surface area (Å²) in [6.07, 6.45) is 2.82. The van der Waals surface area contributed by atoms with Crippen molar-refractivity contribution in [2.24, 2.45) is 0 Å². The molecule has 1 amide bonds. The fraction of sp³-hybridized carbons (Fsp3) is 0.0588. The van der Waals surface area contributed by atoms with Crippen LogP contribution in [0.3, 0.4) is 0 Å². The predicted octanol–water partition coefficient (Wildman–Crippen LogP) is 2.86. The third-order valence-corrected chi connectivity index (χ3v) is 3.55. The highest BCUT2D eigenvalue weighted by molar-refractivity contribution is 6.31. The molecule has 0 aliphatic rings. The van der Waals surface area contributed by atoms with Crippen LogP contribution < -0.4 is 5.32 Å². The van der Waals surface area contributed by atoms with Gasteiger partial charge in [-0.15, -0.1) is 0 Å². The molecule has 3 aromatic rings. The molecule has 1 aromatic heterocycles. The van der Waals surface area contributed by atoms with Crippen molar-refractivity contribution in [3.8, 4) is 5.69 Å². The number of ether oxygens (including phenoxy) is 1. The number of esters is 1. The summed E-state index contributed by atoms with van der Waals surface area (Å²) in [7, 11) is 0. The molecule has 0 aliphatic heterocycles. The molecule has 0 spiro atoms. The Labute approximate surface area is 152 Å². The third kappa shape index (κ3) is 4.22. The quantitative estimate of drug-likeness (QED) is 0.694. The Morgan fingerprint density at radius 2 is 1.96 bits per heavy atom. The van der Waals surface area contributed by atoms with Gasteiger partial charge >= 0.3 is 5.97 Å². The van der Waals surface area contributed by atoms with Crippen molar-refractivity contribution in [2.75, 3.05) is 11.9 Å². The Kier molecular flexibility index (Phi) is 5.23. The van der Waals surface area contributed by atoms with E-state index in [1.54, 1.807) is 12.1 Å². The molecule has 1 heterocycles. The topological polar surface area (TPSA) is 86.1 Å². The molecule has 0 unspecified atom stereocenters. The first-order valence-corrected chi connectivity index (χ1v) is 7.78. The van der Waals surface area contributed by atoms with Gasteiger partial charge in [0.1, 0.15) is 18.5 Å². The summed E-state index contributed by atoms with van der Waals surface area (Å²) in [6, 6.07) is 9.66. The molecular weight excluding hydrogens is 363 g/mol. The highest BCUT2D eigenvalue weighted by Crippen LogP contribution is 2.23. The van der Waals surface area contributed by atoms with Crippen LogP contribution in [-0.2, 0) is 9.53 Å². The SMILES string of the molecule is O=C(COC(=O)c1ccc(F)cc1)Nc1cc(Cl)ccc1-n1cncn1. The average Bonchev–Trinajstić information content (AvgIpc) is 3.15. The van der Waals surface area contributed by atoms with Crippen molar-refractivity contribution in [3.63, 3.8) is 0 Å². The first-order chi connectivity index (χ1) is 12.5. The number of amides is 1. The highest BCUT2D eigenvalue weighted by Gasteiger charge is 2.13. The van der Waals surface area contributed by atoms with Crippen LogP contribution >= 0.6 is 11.6 Å². The second kappa shape index (κ2) is 7.75. The summed E-state index contributed by atoms with van der Waals surface area (Å²) < 4.78 is 19.2. The maximum Gasteiger partial charge on any atom is 0.338 e. The maximum absolute atomic E-state index is 12.9. The summed E-state index contributed by atoms with van der Waals surface area (Å²) in [4.78, 5) is 27.8. The number of halogens is 2. The summed E-state index contributed by atoms with van der Waals surface area (Å²) in [5, 5.41) is 7.02. The number of benzene rings is 2. The van der Waals surface area contributed by atoms with Gasteiger partial charge in [-0.3, -0.25) is 4.79 Å². The molecule has 7 nitrogen and oxygen atoms in total. The van der Waals surface area contributed by atoms with E-state index < -0.39 is 24.3 Å². The lowest BCUT2D eigenvalue weighted by molar-refractivity contribution is -0.119. The Morgan fingerprint density at radius 1 is 1.19 bits per heavy atom. The Hall–Kier alpha value is -3.26. The first-order valence-electron chi connectivity index (χ1n) is 7.40. The average molecular weight is 375 g/mol. The molecule has 0 atom stereocenters. The van der Waals surface area contributed by atoms with Crippen molar-refractivity contribution in [1.82, 2.24) is 14.8 Å². The predicted molar refractivity (Wildman–Crippen MR) is 91.7 cm³/mol. The normalized spacial score (nSPS) is 10.4. The molecule has 0 saturated carbocycles. The van der Waals surface area contributed by atoms with Gasteiger partial charge in [-0.05, 0) is 42.5 Å². The zero-order valence-electron chi connectivity index (χ0n) is 13.2. The van der Waals surface area contributed by atoms with Gasteiger partial charge in [-0.2, -0.15) is 5.10 Å². The number of aromatic nitrogens is 3. The van der Waals surface area contributed by atoms with Gasteiger partial charge in [-0.25, -0.2) is 18.9 Å².